The number of nitrogens with zero attached hydrogens (tertiary/aromatic N) is 3. The summed E-state index contributed by atoms with van der Waals surface area (Å²) in [4.78, 5) is 20.0. The molecular formula is C29H31N3O3. The van der Waals surface area contributed by atoms with Crippen molar-refractivity contribution >= 4 is 22.6 Å². The van der Waals surface area contributed by atoms with Crippen molar-refractivity contribution in [2.75, 3.05) is 25.2 Å². The second-order valence-electron chi connectivity index (χ2n) is 9.16. The number of amides is 1. The van der Waals surface area contributed by atoms with Gasteiger partial charge in [-0.25, -0.2) is 4.98 Å². The van der Waals surface area contributed by atoms with E-state index >= 15 is 0 Å². The van der Waals surface area contributed by atoms with Crippen LogP contribution in [-0.2, 0) is 11.3 Å². The fraction of sp³-hybridized carbons (Fsp3) is 0.310. The number of anilines is 1. The van der Waals surface area contributed by atoms with Crippen LogP contribution in [0.1, 0.15) is 35.7 Å². The van der Waals surface area contributed by atoms with Gasteiger partial charge >= 0.3 is 0 Å². The quantitative estimate of drug-likeness (QED) is 0.313. The number of ether oxygens (including phenoxy) is 2. The van der Waals surface area contributed by atoms with Crippen LogP contribution in [0.3, 0.4) is 0 Å². The number of carbonyl (C=O) groups is 1. The van der Waals surface area contributed by atoms with Gasteiger partial charge in [-0.2, -0.15) is 0 Å². The molecular weight excluding hydrogens is 438 g/mol. The van der Waals surface area contributed by atoms with E-state index in [1.54, 1.807) is 7.11 Å². The van der Waals surface area contributed by atoms with Crippen LogP contribution in [0, 0.1) is 13.8 Å². The van der Waals surface area contributed by atoms with Gasteiger partial charge in [0, 0.05) is 31.1 Å². The zero-order chi connectivity index (χ0) is 24.4. The van der Waals surface area contributed by atoms with Gasteiger partial charge in [0.1, 0.15) is 5.82 Å². The lowest BCUT2D eigenvalue weighted by Gasteiger charge is -2.20. The summed E-state index contributed by atoms with van der Waals surface area (Å²) in [6, 6.07) is 22.2. The number of carbonyl (C=O) groups excluding carboxylic acids is 1. The molecule has 5 rings (SSSR count). The van der Waals surface area contributed by atoms with E-state index in [4.69, 9.17) is 14.5 Å². The smallest absolute Gasteiger partial charge is 0.227 e. The number of fused-ring (bicyclic) bond motifs is 1. The maximum atomic E-state index is 13.1. The largest absolute Gasteiger partial charge is 0.493 e. The van der Waals surface area contributed by atoms with Gasteiger partial charge in [-0.1, -0.05) is 36.4 Å². The highest BCUT2D eigenvalue weighted by atomic mass is 16.5. The molecule has 3 aromatic carbocycles. The lowest BCUT2D eigenvalue weighted by atomic mass is 10.1. The summed E-state index contributed by atoms with van der Waals surface area (Å²) in [5.74, 6) is 2.66. The lowest BCUT2D eigenvalue weighted by molar-refractivity contribution is -0.117. The van der Waals surface area contributed by atoms with E-state index in [1.807, 2.05) is 47.4 Å². The van der Waals surface area contributed by atoms with Gasteiger partial charge < -0.3 is 18.9 Å². The standard InChI is InChI=1S/C29H31N3O3/c1-20-13-14-21(2)25(17-20)32-19-22(18-28(32)33)29-30-23-9-4-5-10-24(23)31(29)15-8-16-35-27-12-7-6-11-26(27)34-3/h4-7,9-14,17,22H,8,15-16,18-19H2,1-3H3/t22-/m0/s1. The molecule has 0 radical (unpaired) electrons. The molecule has 0 bridgehead atoms. The van der Waals surface area contributed by atoms with E-state index in [-0.39, 0.29) is 11.8 Å². The summed E-state index contributed by atoms with van der Waals surface area (Å²) in [7, 11) is 1.65. The number of rotatable bonds is 8. The molecule has 180 valence electrons. The molecule has 6 nitrogen and oxygen atoms in total. The van der Waals surface area contributed by atoms with E-state index < -0.39 is 0 Å². The highest BCUT2D eigenvalue weighted by Gasteiger charge is 2.35. The molecule has 2 heterocycles. The first kappa shape index (κ1) is 23.0. The van der Waals surface area contributed by atoms with Crippen LogP contribution in [0.5, 0.6) is 11.5 Å². The number of methoxy groups -OCH3 is 1. The lowest BCUT2D eigenvalue weighted by Crippen LogP contribution is -2.25. The fourth-order valence-corrected chi connectivity index (χ4v) is 4.91. The molecule has 1 fully saturated rings. The normalized spacial score (nSPS) is 15.7. The van der Waals surface area contributed by atoms with Gasteiger partial charge in [0.25, 0.3) is 0 Å². The van der Waals surface area contributed by atoms with Crippen LogP contribution >= 0.6 is 0 Å². The third-order valence-electron chi connectivity index (χ3n) is 6.68. The van der Waals surface area contributed by atoms with Crippen LogP contribution in [0.25, 0.3) is 11.0 Å². The average Bonchev–Trinajstić information content (AvgIpc) is 3.44. The summed E-state index contributed by atoms with van der Waals surface area (Å²) in [6.07, 6.45) is 1.28. The van der Waals surface area contributed by atoms with Gasteiger partial charge in [-0.3, -0.25) is 4.79 Å². The van der Waals surface area contributed by atoms with E-state index in [2.05, 4.69) is 42.7 Å². The van der Waals surface area contributed by atoms with Crippen LogP contribution in [-0.4, -0.2) is 35.7 Å². The number of para-hydroxylation sites is 4. The van der Waals surface area contributed by atoms with Crippen LogP contribution in [0.15, 0.2) is 66.7 Å². The van der Waals surface area contributed by atoms with Crippen LogP contribution < -0.4 is 14.4 Å². The first-order valence-corrected chi connectivity index (χ1v) is 12.1. The third kappa shape index (κ3) is 4.61. The molecule has 1 aliphatic heterocycles. The topological polar surface area (TPSA) is 56.6 Å². The Morgan fingerprint density at radius 1 is 1.00 bits per heavy atom. The monoisotopic (exact) mass is 469 g/mol. The summed E-state index contributed by atoms with van der Waals surface area (Å²) in [5, 5.41) is 0. The van der Waals surface area contributed by atoms with Gasteiger partial charge in [0.15, 0.2) is 11.5 Å². The Labute approximate surface area is 206 Å². The number of hydrogen-bond donors (Lipinski definition) is 0. The maximum absolute atomic E-state index is 13.1. The summed E-state index contributed by atoms with van der Waals surface area (Å²) >= 11 is 0. The molecule has 0 N–H and O–H groups in total. The van der Waals surface area contributed by atoms with Crippen LogP contribution in [0.2, 0.25) is 0 Å². The zero-order valence-corrected chi connectivity index (χ0v) is 20.5. The minimum Gasteiger partial charge on any atom is -0.493 e. The molecule has 1 atom stereocenters. The number of aromatic nitrogens is 2. The number of imidazole rings is 1. The molecule has 0 aliphatic carbocycles. The average molecular weight is 470 g/mol. The van der Waals surface area contributed by atoms with E-state index in [0.29, 0.717) is 19.6 Å². The first-order valence-electron chi connectivity index (χ1n) is 12.1. The zero-order valence-electron chi connectivity index (χ0n) is 20.5. The fourth-order valence-electron chi connectivity index (χ4n) is 4.91. The predicted octanol–water partition coefficient (Wildman–Crippen LogP) is 5.65. The van der Waals surface area contributed by atoms with E-state index in [0.717, 1.165) is 58.1 Å². The first-order chi connectivity index (χ1) is 17.0. The molecule has 4 aromatic rings. The van der Waals surface area contributed by atoms with Crippen molar-refractivity contribution in [3.8, 4) is 11.5 Å². The highest BCUT2D eigenvalue weighted by molar-refractivity contribution is 5.97. The Balaban J connectivity index is 1.36. The molecule has 1 aliphatic rings. The summed E-state index contributed by atoms with van der Waals surface area (Å²) < 4.78 is 13.7. The number of benzene rings is 3. The molecule has 6 heteroatoms. The van der Waals surface area contributed by atoms with E-state index in [9.17, 15) is 4.79 Å². The summed E-state index contributed by atoms with van der Waals surface area (Å²) in [5.41, 5.74) is 5.34. The van der Waals surface area contributed by atoms with Crippen molar-refractivity contribution in [2.45, 2.75) is 39.2 Å². The Kier molecular flexibility index (Phi) is 6.45. The molecule has 35 heavy (non-hydrogen) atoms. The molecule has 0 saturated carbocycles. The van der Waals surface area contributed by atoms with Gasteiger partial charge in [-0.15, -0.1) is 0 Å². The minimum absolute atomic E-state index is 0.0462. The number of hydrogen-bond acceptors (Lipinski definition) is 4. The second kappa shape index (κ2) is 9.82. The van der Waals surface area contributed by atoms with E-state index in [1.165, 1.54) is 0 Å². The Morgan fingerprint density at radius 3 is 2.60 bits per heavy atom. The molecule has 1 saturated heterocycles. The van der Waals surface area contributed by atoms with Gasteiger partial charge in [-0.05, 0) is 61.7 Å². The van der Waals surface area contributed by atoms with Crippen molar-refractivity contribution in [3.63, 3.8) is 0 Å². The SMILES string of the molecule is COc1ccccc1OCCCn1c([C@H]2CC(=O)N(c3cc(C)ccc3C)C2)nc2ccccc21. The minimum atomic E-state index is 0.0462. The maximum Gasteiger partial charge on any atom is 0.227 e. The van der Waals surface area contributed by atoms with Crippen molar-refractivity contribution < 1.29 is 14.3 Å². The van der Waals surface area contributed by atoms with Gasteiger partial charge in [0.2, 0.25) is 5.91 Å². The highest BCUT2D eigenvalue weighted by Crippen LogP contribution is 2.35. The molecule has 0 unspecified atom stereocenters. The van der Waals surface area contributed by atoms with Crippen molar-refractivity contribution in [2.24, 2.45) is 0 Å². The van der Waals surface area contributed by atoms with Crippen molar-refractivity contribution in [1.29, 1.82) is 0 Å². The molecule has 1 amide bonds. The molecule has 1 aromatic heterocycles. The van der Waals surface area contributed by atoms with Gasteiger partial charge in [0.05, 0.1) is 24.8 Å². The molecule has 0 spiro atoms. The second-order valence-corrected chi connectivity index (χ2v) is 9.16. The van der Waals surface area contributed by atoms with Crippen molar-refractivity contribution in [1.82, 2.24) is 9.55 Å². The van der Waals surface area contributed by atoms with Crippen LogP contribution in [0.4, 0.5) is 5.69 Å². The number of aryl methyl sites for hydroxylation is 3. The summed E-state index contributed by atoms with van der Waals surface area (Å²) in [6.45, 7) is 6.09. The Bertz CT molecular complexity index is 1360. The predicted molar refractivity (Wildman–Crippen MR) is 138 cm³/mol. The Hall–Kier alpha value is -3.80. The third-order valence-corrected chi connectivity index (χ3v) is 6.68. The Morgan fingerprint density at radius 2 is 1.77 bits per heavy atom. The van der Waals surface area contributed by atoms with Crippen molar-refractivity contribution in [3.05, 3.63) is 83.7 Å².